The number of aliphatic imine (C=N–C) groups is 1. The van der Waals surface area contributed by atoms with Crippen LogP contribution in [0, 0.1) is 0 Å². The van der Waals surface area contributed by atoms with Gasteiger partial charge in [-0.1, -0.05) is 12.1 Å². The minimum Gasteiger partial charge on any atom is -0.497 e. The first-order valence-corrected chi connectivity index (χ1v) is 12.6. The quantitative estimate of drug-likeness (QED) is 0.280. The third-order valence-electron chi connectivity index (χ3n) is 5.93. The van der Waals surface area contributed by atoms with E-state index in [-0.39, 0.29) is 41.5 Å². The molecule has 0 bridgehead atoms. The second kappa shape index (κ2) is 12.8. The number of hydrogen-bond acceptors (Lipinski definition) is 6. The van der Waals surface area contributed by atoms with Crippen molar-refractivity contribution in [3.05, 3.63) is 29.8 Å². The fourth-order valence-corrected chi connectivity index (χ4v) is 5.33. The van der Waals surface area contributed by atoms with Gasteiger partial charge in [-0.3, -0.25) is 14.8 Å². The summed E-state index contributed by atoms with van der Waals surface area (Å²) >= 11 is 0. The van der Waals surface area contributed by atoms with Gasteiger partial charge in [0.2, 0.25) is 0 Å². The molecule has 0 spiro atoms. The second-order valence-electron chi connectivity index (χ2n) is 7.91. The lowest BCUT2D eigenvalue weighted by Gasteiger charge is -2.29. The number of rotatable bonds is 8. The molecule has 0 aliphatic carbocycles. The first kappa shape index (κ1) is 26.1. The number of ether oxygens (including phenoxy) is 1. The van der Waals surface area contributed by atoms with Gasteiger partial charge in [0.1, 0.15) is 5.75 Å². The molecule has 8 nitrogen and oxygen atoms in total. The highest BCUT2D eigenvalue weighted by atomic mass is 127. The molecule has 2 saturated heterocycles. The minimum absolute atomic E-state index is 0. The molecule has 10 heteroatoms. The molecule has 1 atom stereocenters. The van der Waals surface area contributed by atoms with Gasteiger partial charge in [-0.15, -0.1) is 24.0 Å². The zero-order chi connectivity index (χ0) is 21.4. The van der Waals surface area contributed by atoms with E-state index >= 15 is 0 Å². The van der Waals surface area contributed by atoms with E-state index < -0.39 is 9.84 Å². The average Bonchev–Trinajstić information content (AvgIpc) is 3.28. The summed E-state index contributed by atoms with van der Waals surface area (Å²) < 4.78 is 28.4. The van der Waals surface area contributed by atoms with Gasteiger partial charge in [0.05, 0.1) is 24.7 Å². The summed E-state index contributed by atoms with van der Waals surface area (Å²) in [7, 11) is 0.637. The number of hydrogen-bond donors (Lipinski definition) is 2. The molecule has 2 heterocycles. The van der Waals surface area contributed by atoms with Crippen molar-refractivity contribution < 1.29 is 13.2 Å². The molecule has 3 rings (SSSR count). The smallest absolute Gasteiger partial charge is 0.191 e. The highest BCUT2D eigenvalue weighted by Crippen LogP contribution is 2.26. The number of nitrogens with one attached hydrogen (secondary N) is 2. The Morgan fingerprint density at radius 1 is 1.10 bits per heavy atom. The second-order valence-corrected chi connectivity index (χ2v) is 10.2. The van der Waals surface area contributed by atoms with Crippen molar-refractivity contribution in [2.24, 2.45) is 4.99 Å². The number of methoxy groups -OCH3 is 1. The van der Waals surface area contributed by atoms with E-state index in [1.165, 1.54) is 18.4 Å². The molecule has 0 radical (unpaired) electrons. The van der Waals surface area contributed by atoms with E-state index in [1.54, 1.807) is 14.2 Å². The predicted molar refractivity (Wildman–Crippen MR) is 136 cm³/mol. The van der Waals surface area contributed by atoms with Crippen molar-refractivity contribution in [3.8, 4) is 5.75 Å². The van der Waals surface area contributed by atoms with Gasteiger partial charge in [-0.05, 0) is 43.6 Å². The molecule has 2 aliphatic rings. The summed E-state index contributed by atoms with van der Waals surface area (Å²) in [6.07, 6.45) is 2.48. The molecule has 0 amide bonds. The molecule has 1 aromatic carbocycles. The molecular formula is C21H36IN5O3S. The van der Waals surface area contributed by atoms with E-state index in [0.29, 0.717) is 13.1 Å². The van der Waals surface area contributed by atoms with Gasteiger partial charge in [0.15, 0.2) is 15.8 Å². The van der Waals surface area contributed by atoms with Gasteiger partial charge in [0, 0.05) is 39.8 Å². The van der Waals surface area contributed by atoms with Crippen molar-refractivity contribution in [3.63, 3.8) is 0 Å². The third-order valence-corrected chi connectivity index (χ3v) is 7.54. The molecule has 1 unspecified atom stereocenters. The van der Waals surface area contributed by atoms with Gasteiger partial charge >= 0.3 is 0 Å². The van der Waals surface area contributed by atoms with Crippen molar-refractivity contribution in [1.82, 2.24) is 20.4 Å². The summed E-state index contributed by atoms with van der Waals surface area (Å²) in [5, 5.41) is 6.84. The maximum absolute atomic E-state index is 11.6. The van der Waals surface area contributed by atoms with Crippen LogP contribution >= 0.6 is 24.0 Å². The topological polar surface area (TPSA) is 86.3 Å². The Morgan fingerprint density at radius 3 is 2.32 bits per heavy atom. The van der Waals surface area contributed by atoms with E-state index in [9.17, 15) is 8.42 Å². The van der Waals surface area contributed by atoms with Crippen molar-refractivity contribution >= 4 is 39.8 Å². The van der Waals surface area contributed by atoms with Crippen LogP contribution in [-0.4, -0.2) is 95.7 Å². The zero-order valence-corrected chi connectivity index (χ0v) is 21.7. The SMILES string of the molecule is CN=C(NCCN1CCS(=O)(=O)CC1)NCC(c1ccc(OC)cc1)N1CCCC1.I. The van der Waals surface area contributed by atoms with Crippen LogP contribution in [0.3, 0.4) is 0 Å². The highest BCUT2D eigenvalue weighted by Gasteiger charge is 2.24. The van der Waals surface area contributed by atoms with Crippen LogP contribution in [0.1, 0.15) is 24.4 Å². The number of halogens is 1. The summed E-state index contributed by atoms with van der Waals surface area (Å²) in [6, 6.07) is 8.60. The lowest BCUT2D eigenvalue weighted by atomic mass is 10.1. The van der Waals surface area contributed by atoms with Crippen LogP contribution in [0.25, 0.3) is 0 Å². The molecule has 176 valence electrons. The van der Waals surface area contributed by atoms with Crippen molar-refractivity contribution in [2.75, 3.05) is 71.5 Å². The number of benzene rings is 1. The standard InChI is InChI=1S/C21H35N5O3S.HI/c1-22-21(23-9-12-25-13-15-30(27,28)16-14-25)24-17-20(26-10-3-4-11-26)18-5-7-19(29-2)8-6-18;/h5-8,20H,3-4,9-17H2,1-2H3,(H2,22,23,24);1H. The van der Waals surface area contributed by atoms with Gasteiger partial charge in [0.25, 0.3) is 0 Å². The van der Waals surface area contributed by atoms with Gasteiger partial charge < -0.3 is 15.4 Å². The monoisotopic (exact) mass is 565 g/mol. The van der Waals surface area contributed by atoms with E-state index in [2.05, 4.69) is 37.6 Å². The number of guanidine groups is 1. The molecule has 0 saturated carbocycles. The Hall–Kier alpha value is -1.11. The largest absolute Gasteiger partial charge is 0.497 e. The lowest BCUT2D eigenvalue weighted by molar-refractivity contribution is 0.245. The van der Waals surface area contributed by atoms with E-state index in [0.717, 1.165) is 44.4 Å². The number of likely N-dealkylation sites (tertiary alicyclic amines) is 1. The van der Waals surface area contributed by atoms with Gasteiger partial charge in [-0.25, -0.2) is 8.42 Å². The molecule has 1 aromatic rings. The molecular weight excluding hydrogens is 529 g/mol. The van der Waals surface area contributed by atoms with Crippen LogP contribution < -0.4 is 15.4 Å². The Labute approximate surface area is 203 Å². The molecule has 2 aliphatic heterocycles. The Morgan fingerprint density at radius 2 is 1.74 bits per heavy atom. The average molecular weight is 566 g/mol. The number of nitrogens with zero attached hydrogens (tertiary/aromatic N) is 3. The minimum atomic E-state index is -2.83. The Balaban J connectivity index is 0.00000341. The fraction of sp³-hybridized carbons (Fsp3) is 0.667. The normalized spacial score (nSPS) is 20.6. The highest BCUT2D eigenvalue weighted by molar-refractivity contribution is 14.0. The summed E-state index contributed by atoms with van der Waals surface area (Å²) in [5.41, 5.74) is 1.27. The number of sulfone groups is 1. The first-order valence-electron chi connectivity index (χ1n) is 10.8. The molecule has 0 aromatic heterocycles. The van der Waals surface area contributed by atoms with Crippen molar-refractivity contribution in [1.29, 1.82) is 0 Å². The predicted octanol–water partition coefficient (Wildman–Crippen LogP) is 1.35. The van der Waals surface area contributed by atoms with Crippen LogP contribution in [0.5, 0.6) is 5.75 Å². The molecule has 2 fully saturated rings. The Bertz CT molecular complexity index is 784. The third kappa shape index (κ3) is 8.07. The maximum Gasteiger partial charge on any atom is 0.191 e. The van der Waals surface area contributed by atoms with Crippen LogP contribution in [-0.2, 0) is 9.84 Å². The summed E-state index contributed by atoms with van der Waals surface area (Å²) in [5.74, 6) is 2.17. The summed E-state index contributed by atoms with van der Waals surface area (Å²) in [4.78, 5) is 9.07. The van der Waals surface area contributed by atoms with Crippen molar-refractivity contribution in [2.45, 2.75) is 18.9 Å². The van der Waals surface area contributed by atoms with E-state index in [1.807, 2.05) is 12.1 Å². The lowest BCUT2D eigenvalue weighted by Crippen LogP contribution is -2.47. The van der Waals surface area contributed by atoms with Crippen LogP contribution in [0.2, 0.25) is 0 Å². The fourth-order valence-electron chi connectivity index (χ4n) is 4.06. The summed E-state index contributed by atoms with van der Waals surface area (Å²) in [6.45, 7) is 5.77. The zero-order valence-electron chi connectivity index (χ0n) is 18.5. The van der Waals surface area contributed by atoms with E-state index in [4.69, 9.17) is 4.74 Å². The molecule has 31 heavy (non-hydrogen) atoms. The van der Waals surface area contributed by atoms with Crippen LogP contribution in [0.15, 0.2) is 29.3 Å². The Kier molecular flexibility index (Phi) is 10.8. The maximum atomic E-state index is 11.6. The first-order chi connectivity index (χ1) is 14.5. The van der Waals surface area contributed by atoms with Crippen LogP contribution in [0.4, 0.5) is 0 Å². The molecule has 2 N–H and O–H groups in total. The van der Waals surface area contributed by atoms with Gasteiger partial charge in [-0.2, -0.15) is 0 Å².